The van der Waals surface area contributed by atoms with E-state index < -0.39 is 0 Å². The lowest BCUT2D eigenvalue weighted by atomic mass is 9.73. The molecule has 2 bridgehead atoms. The zero-order valence-corrected chi connectivity index (χ0v) is 17.3. The Kier molecular flexibility index (Phi) is 4.96. The second-order valence-electron chi connectivity index (χ2n) is 9.81. The number of likely N-dealkylation sites (tertiary alicyclic amines) is 1. The van der Waals surface area contributed by atoms with Crippen molar-refractivity contribution in [3.05, 3.63) is 29.8 Å². The lowest BCUT2D eigenvalue weighted by molar-refractivity contribution is -0.147. The van der Waals surface area contributed by atoms with E-state index in [4.69, 9.17) is 4.74 Å². The minimum Gasteiger partial charge on any atom is -0.497 e. The molecule has 4 rings (SSSR count). The molecule has 3 aliphatic heterocycles. The molecule has 0 saturated carbocycles. The van der Waals surface area contributed by atoms with E-state index in [1.165, 1.54) is 31.2 Å². The molecular formula is C23H34N2O2. The molecule has 0 spiro atoms. The van der Waals surface area contributed by atoms with Gasteiger partial charge in [-0.3, -0.25) is 9.69 Å². The van der Waals surface area contributed by atoms with Crippen LogP contribution in [-0.2, 0) is 4.79 Å². The summed E-state index contributed by atoms with van der Waals surface area (Å²) in [6.07, 6.45) is 5.10. The number of carbonyl (C=O) groups is 1. The summed E-state index contributed by atoms with van der Waals surface area (Å²) in [5, 5.41) is 0. The molecule has 3 aliphatic rings. The minimum absolute atomic E-state index is 0.274. The highest BCUT2D eigenvalue weighted by atomic mass is 16.5. The summed E-state index contributed by atoms with van der Waals surface area (Å²) < 4.78 is 5.33. The highest BCUT2D eigenvalue weighted by molar-refractivity contribution is 5.81. The third-order valence-electron chi connectivity index (χ3n) is 6.82. The van der Waals surface area contributed by atoms with Gasteiger partial charge in [-0.25, -0.2) is 0 Å². The van der Waals surface area contributed by atoms with Crippen LogP contribution in [0.4, 0.5) is 0 Å². The smallest absolute Gasteiger partial charge is 0.227 e. The monoisotopic (exact) mass is 370 g/mol. The number of amides is 1. The zero-order chi connectivity index (χ0) is 19.2. The fourth-order valence-electron chi connectivity index (χ4n) is 5.63. The van der Waals surface area contributed by atoms with Gasteiger partial charge in [0, 0.05) is 37.1 Å². The predicted octanol–water partition coefficient (Wildman–Crippen LogP) is 4.12. The summed E-state index contributed by atoms with van der Waals surface area (Å²) in [4.78, 5) is 17.8. The van der Waals surface area contributed by atoms with Crippen molar-refractivity contribution >= 4 is 5.91 Å². The van der Waals surface area contributed by atoms with Gasteiger partial charge in [0.25, 0.3) is 0 Å². The van der Waals surface area contributed by atoms with Crippen molar-refractivity contribution in [1.29, 1.82) is 0 Å². The van der Waals surface area contributed by atoms with Gasteiger partial charge < -0.3 is 9.64 Å². The van der Waals surface area contributed by atoms with Gasteiger partial charge in [0.15, 0.2) is 0 Å². The molecule has 1 aromatic rings. The summed E-state index contributed by atoms with van der Waals surface area (Å²) >= 11 is 0. The molecule has 3 saturated heterocycles. The maximum atomic E-state index is 12.9. The van der Waals surface area contributed by atoms with E-state index in [9.17, 15) is 4.79 Å². The molecule has 3 fully saturated rings. The lowest BCUT2D eigenvalue weighted by Gasteiger charge is -2.55. The van der Waals surface area contributed by atoms with Crippen LogP contribution in [0.5, 0.6) is 5.75 Å². The van der Waals surface area contributed by atoms with Crippen LogP contribution in [0.1, 0.15) is 58.1 Å². The fourth-order valence-corrected chi connectivity index (χ4v) is 5.63. The Morgan fingerprint density at radius 1 is 1.07 bits per heavy atom. The van der Waals surface area contributed by atoms with Crippen molar-refractivity contribution < 1.29 is 9.53 Å². The highest BCUT2D eigenvalue weighted by Gasteiger charge is 2.46. The number of hydrogen-bond donors (Lipinski definition) is 0. The largest absolute Gasteiger partial charge is 0.497 e. The number of nitrogens with zero attached hydrogens (tertiary/aromatic N) is 2. The van der Waals surface area contributed by atoms with Crippen LogP contribution < -0.4 is 4.74 Å². The van der Waals surface area contributed by atoms with Gasteiger partial charge in [-0.2, -0.15) is 0 Å². The van der Waals surface area contributed by atoms with E-state index in [-0.39, 0.29) is 5.41 Å². The number of fused-ring (bicyclic) bond motifs is 4. The van der Waals surface area contributed by atoms with Crippen molar-refractivity contribution in [3.8, 4) is 5.75 Å². The lowest BCUT2D eigenvalue weighted by Crippen LogP contribution is -2.61. The average molecular weight is 371 g/mol. The van der Waals surface area contributed by atoms with Crippen LogP contribution in [0.25, 0.3) is 0 Å². The topological polar surface area (TPSA) is 32.8 Å². The van der Waals surface area contributed by atoms with Crippen LogP contribution in [0, 0.1) is 17.3 Å². The van der Waals surface area contributed by atoms with Crippen LogP contribution in [0.3, 0.4) is 0 Å². The first kappa shape index (κ1) is 18.8. The molecule has 0 aliphatic carbocycles. The predicted molar refractivity (Wildman–Crippen MR) is 108 cm³/mol. The van der Waals surface area contributed by atoms with Crippen LogP contribution >= 0.6 is 0 Å². The number of piperidine rings is 3. The quantitative estimate of drug-likeness (QED) is 0.785. The second-order valence-corrected chi connectivity index (χ2v) is 9.81. The van der Waals surface area contributed by atoms with E-state index in [1.54, 1.807) is 7.11 Å². The summed E-state index contributed by atoms with van der Waals surface area (Å²) in [7, 11) is 1.72. The molecule has 4 atom stereocenters. The zero-order valence-electron chi connectivity index (χ0n) is 17.3. The molecule has 3 heterocycles. The normalized spacial score (nSPS) is 31.3. The van der Waals surface area contributed by atoms with Crippen molar-refractivity contribution in [2.45, 2.75) is 58.5 Å². The van der Waals surface area contributed by atoms with Gasteiger partial charge >= 0.3 is 0 Å². The van der Waals surface area contributed by atoms with Crippen molar-refractivity contribution in [2.24, 2.45) is 17.3 Å². The molecule has 0 aromatic heterocycles. The van der Waals surface area contributed by atoms with E-state index in [2.05, 4.69) is 34.1 Å². The van der Waals surface area contributed by atoms with E-state index in [0.717, 1.165) is 25.4 Å². The standard InChI is InChI=1S/C23H34N2O2/c1-23(2,3)22(26)24-13-16-12-18(15-24)21-7-5-6-20(25(21)14-16)17-8-10-19(27-4)11-9-17/h8-11,16,18,20-21H,5-7,12-15H2,1-4H3/t16-,18+,20+,21-/m0/s1. The maximum absolute atomic E-state index is 12.9. The third kappa shape index (κ3) is 3.61. The Balaban J connectivity index is 1.53. The summed E-state index contributed by atoms with van der Waals surface area (Å²) in [5.74, 6) is 2.50. The van der Waals surface area contributed by atoms with Crippen LogP contribution in [0.2, 0.25) is 0 Å². The van der Waals surface area contributed by atoms with E-state index in [1.807, 2.05) is 20.8 Å². The Bertz CT molecular complexity index is 679. The van der Waals surface area contributed by atoms with Crippen molar-refractivity contribution in [2.75, 3.05) is 26.7 Å². The van der Waals surface area contributed by atoms with Crippen molar-refractivity contribution in [1.82, 2.24) is 9.80 Å². The number of rotatable bonds is 2. The minimum atomic E-state index is -0.274. The van der Waals surface area contributed by atoms with Gasteiger partial charge in [-0.05, 0) is 55.2 Å². The molecular weight excluding hydrogens is 336 g/mol. The summed E-state index contributed by atoms with van der Waals surface area (Å²) in [6, 6.07) is 9.81. The Hall–Kier alpha value is -1.55. The number of ether oxygens (including phenoxy) is 1. The number of benzene rings is 1. The molecule has 4 heteroatoms. The first-order valence-corrected chi connectivity index (χ1v) is 10.6. The number of carbonyl (C=O) groups excluding carboxylic acids is 1. The fraction of sp³-hybridized carbons (Fsp3) is 0.696. The first-order chi connectivity index (χ1) is 12.9. The molecule has 148 valence electrons. The molecule has 27 heavy (non-hydrogen) atoms. The molecule has 1 amide bonds. The Morgan fingerprint density at radius 3 is 2.48 bits per heavy atom. The summed E-state index contributed by atoms with van der Waals surface area (Å²) in [6.45, 7) is 9.16. The molecule has 0 radical (unpaired) electrons. The van der Waals surface area contributed by atoms with E-state index in [0.29, 0.717) is 29.8 Å². The molecule has 0 N–H and O–H groups in total. The number of hydrogen-bond acceptors (Lipinski definition) is 3. The molecule has 4 nitrogen and oxygen atoms in total. The number of methoxy groups -OCH3 is 1. The van der Waals surface area contributed by atoms with Crippen molar-refractivity contribution in [3.63, 3.8) is 0 Å². The first-order valence-electron chi connectivity index (χ1n) is 10.6. The van der Waals surface area contributed by atoms with Gasteiger partial charge in [0.2, 0.25) is 5.91 Å². The van der Waals surface area contributed by atoms with Gasteiger partial charge in [-0.1, -0.05) is 32.9 Å². The van der Waals surface area contributed by atoms with Gasteiger partial charge in [-0.15, -0.1) is 0 Å². The third-order valence-corrected chi connectivity index (χ3v) is 6.82. The highest BCUT2D eigenvalue weighted by Crippen LogP contribution is 2.45. The van der Waals surface area contributed by atoms with E-state index >= 15 is 0 Å². The Labute approximate surface area is 163 Å². The Morgan fingerprint density at radius 2 is 1.81 bits per heavy atom. The second kappa shape index (κ2) is 7.12. The SMILES string of the molecule is COc1ccc([C@H]2CCC[C@H]3[C@@H]4C[C@@H](CN(C(=O)C(C)(C)C)C4)CN23)cc1. The average Bonchev–Trinajstić information content (AvgIpc) is 2.66. The van der Waals surface area contributed by atoms with Gasteiger partial charge in [0.05, 0.1) is 7.11 Å². The molecule has 1 aromatic carbocycles. The molecule has 0 unspecified atom stereocenters. The maximum Gasteiger partial charge on any atom is 0.227 e. The summed E-state index contributed by atoms with van der Waals surface area (Å²) in [5.41, 5.74) is 1.15. The van der Waals surface area contributed by atoms with Crippen LogP contribution in [-0.4, -0.2) is 48.5 Å². The van der Waals surface area contributed by atoms with Gasteiger partial charge in [0.1, 0.15) is 5.75 Å². The van der Waals surface area contributed by atoms with Crippen LogP contribution in [0.15, 0.2) is 24.3 Å².